The molecule has 1 radical (unpaired) electrons. The van der Waals surface area contributed by atoms with Gasteiger partial charge in [0.15, 0.2) is 0 Å². The molecular weight excluding hydrogens is 136 g/mol. The van der Waals surface area contributed by atoms with Crippen LogP contribution in [0.25, 0.3) is 0 Å². The molecule has 0 aromatic heterocycles. The minimum Gasteiger partial charge on any atom is -0.304 e. The Kier molecular flexibility index (Phi) is 7.96. The average Bonchev–Trinajstić information content (AvgIpc) is 2.05. The molecule has 67 valence electrons. The molecule has 0 aliphatic rings. The molecule has 2 nitrogen and oxygen atoms in total. The third-order valence-electron chi connectivity index (χ3n) is 2.05. The molecule has 2 heteroatoms. The van der Waals surface area contributed by atoms with E-state index in [1.165, 1.54) is 19.4 Å². The van der Waals surface area contributed by atoms with Crippen LogP contribution in [0.15, 0.2) is 0 Å². The van der Waals surface area contributed by atoms with E-state index < -0.39 is 0 Å². The zero-order chi connectivity index (χ0) is 8.53. The van der Waals surface area contributed by atoms with Crippen molar-refractivity contribution in [3.05, 3.63) is 0 Å². The normalized spacial score (nSPS) is 10.9. The zero-order valence-electron chi connectivity index (χ0n) is 7.90. The second kappa shape index (κ2) is 8.02. The fourth-order valence-corrected chi connectivity index (χ4v) is 1.18. The van der Waals surface area contributed by atoms with Crippen LogP contribution in [0.2, 0.25) is 0 Å². The van der Waals surface area contributed by atoms with Gasteiger partial charge >= 0.3 is 0 Å². The van der Waals surface area contributed by atoms with Crippen molar-refractivity contribution in [2.45, 2.75) is 33.1 Å². The van der Waals surface area contributed by atoms with Gasteiger partial charge in [-0.05, 0) is 32.5 Å². The molecule has 0 saturated carbocycles. The number of unbranched alkanes of at least 4 members (excludes halogenated alkanes) is 2. The summed E-state index contributed by atoms with van der Waals surface area (Å²) in [5, 5.41) is 0. The van der Waals surface area contributed by atoms with Crippen LogP contribution in [-0.4, -0.2) is 31.1 Å². The van der Waals surface area contributed by atoms with Crippen LogP contribution in [0.1, 0.15) is 33.1 Å². The smallest absolute Gasteiger partial charge is 0.00997 e. The molecule has 0 amide bonds. The third kappa shape index (κ3) is 6.32. The van der Waals surface area contributed by atoms with Gasteiger partial charge in [0.1, 0.15) is 0 Å². The van der Waals surface area contributed by atoms with Gasteiger partial charge < -0.3 is 4.90 Å². The highest BCUT2D eigenvalue weighted by molar-refractivity contribution is 4.52. The molecule has 0 unspecified atom stereocenters. The lowest BCUT2D eigenvalue weighted by Gasteiger charge is -2.17. The summed E-state index contributed by atoms with van der Waals surface area (Å²) >= 11 is 0. The van der Waals surface area contributed by atoms with Crippen LogP contribution in [0.4, 0.5) is 0 Å². The molecule has 0 aliphatic heterocycles. The molecule has 0 aliphatic carbocycles. The lowest BCUT2D eigenvalue weighted by molar-refractivity contribution is 0.296. The molecule has 0 atom stereocenters. The molecule has 0 rings (SSSR count). The van der Waals surface area contributed by atoms with Crippen molar-refractivity contribution in [2.75, 3.05) is 26.2 Å². The Balaban J connectivity index is 3.07. The van der Waals surface area contributed by atoms with Crippen LogP contribution in [0.3, 0.4) is 0 Å². The van der Waals surface area contributed by atoms with Crippen LogP contribution in [0, 0.1) is 0 Å². The summed E-state index contributed by atoms with van der Waals surface area (Å²) in [6.45, 7) is 8.54. The molecule has 0 heterocycles. The molecule has 0 fully saturated rings. The predicted molar refractivity (Wildman–Crippen MR) is 49.6 cm³/mol. The zero-order valence-corrected chi connectivity index (χ0v) is 7.90. The van der Waals surface area contributed by atoms with E-state index in [4.69, 9.17) is 5.73 Å². The van der Waals surface area contributed by atoms with E-state index in [1.807, 2.05) is 0 Å². The van der Waals surface area contributed by atoms with E-state index >= 15 is 0 Å². The second-order valence-electron chi connectivity index (χ2n) is 2.84. The molecule has 0 spiro atoms. The first-order valence-corrected chi connectivity index (χ1v) is 4.72. The maximum Gasteiger partial charge on any atom is 0.00997 e. The monoisotopic (exact) mass is 157 g/mol. The van der Waals surface area contributed by atoms with Crippen LogP contribution in [-0.2, 0) is 0 Å². The molecule has 1 N–H and O–H groups in total. The molecule has 0 bridgehead atoms. The van der Waals surface area contributed by atoms with Crippen LogP contribution >= 0.6 is 0 Å². The first-order valence-electron chi connectivity index (χ1n) is 4.72. The van der Waals surface area contributed by atoms with Gasteiger partial charge in [-0.2, -0.15) is 0 Å². The summed E-state index contributed by atoms with van der Waals surface area (Å²) in [6, 6.07) is 0. The largest absolute Gasteiger partial charge is 0.304 e. The highest BCUT2D eigenvalue weighted by Gasteiger charge is 1.96. The van der Waals surface area contributed by atoms with Crippen molar-refractivity contribution >= 4 is 0 Å². The van der Waals surface area contributed by atoms with E-state index in [-0.39, 0.29) is 0 Å². The summed E-state index contributed by atoms with van der Waals surface area (Å²) in [6.07, 6.45) is 3.56. The Hall–Kier alpha value is -0.0800. The summed E-state index contributed by atoms with van der Waals surface area (Å²) in [7, 11) is 0. The first-order chi connectivity index (χ1) is 5.35. The lowest BCUT2D eigenvalue weighted by Crippen LogP contribution is -2.23. The number of hydrogen-bond acceptors (Lipinski definition) is 1. The van der Waals surface area contributed by atoms with Crippen molar-refractivity contribution in [1.29, 1.82) is 0 Å². The summed E-state index contributed by atoms with van der Waals surface area (Å²) in [4.78, 5) is 2.43. The van der Waals surface area contributed by atoms with E-state index in [1.54, 1.807) is 0 Å². The van der Waals surface area contributed by atoms with Gasteiger partial charge in [0.25, 0.3) is 0 Å². The molecule has 11 heavy (non-hydrogen) atoms. The molecular formula is C9H21N2. The van der Waals surface area contributed by atoms with Gasteiger partial charge in [-0.15, -0.1) is 0 Å². The fraction of sp³-hybridized carbons (Fsp3) is 1.00. The molecule has 0 saturated heterocycles. The highest BCUT2D eigenvalue weighted by atomic mass is 15.1. The first kappa shape index (κ1) is 10.9. The highest BCUT2D eigenvalue weighted by Crippen LogP contribution is 1.97. The molecule has 0 aromatic carbocycles. The topological polar surface area (TPSA) is 27.0 Å². The Morgan fingerprint density at radius 1 is 1.00 bits per heavy atom. The van der Waals surface area contributed by atoms with Crippen molar-refractivity contribution in [3.63, 3.8) is 0 Å². The Labute approximate surface area is 70.8 Å². The van der Waals surface area contributed by atoms with Gasteiger partial charge in [-0.3, -0.25) is 5.73 Å². The van der Waals surface area contributed by atoms with Crippen molar-refractivity contribution in [1.82, 2.24) is 10.6 Å². The van der Waals surface area contributed by atoms with Crippen molar-refractivity contribution in [3.8, 4) is 0 Å². The second-order valence-corrected chi connectivity index (χ2v) is 2.84. The Morgan fingerprint density at radius 2 is 1.64 bits per heavy atom. The maximum absolute atomic E-state index is 6.96. The standard InChI is InChI=1S/C9H21N2/c1-3-11(4-2)9-7-5-6-8-10/h10H,3-9H2,1-2H3. The fourth-order valence-electron chi connectivity index (χ4n) is 1.18. The van der Waals surface area contributed by atoms with Gasteiger partial charge in [0.05, 0.1) is 0 Å². The average molecular weight is 157 g/mol. The van der Waals surface area contributed by atoms with E-state index in [0.29, 0.717) is 6.54 Å². The van der Waals surface area contributed by atoms with Gasteiger partial charge in [0.2, 0.25) is 0 Å². The van der Waals surface area contributed by atoms with Gasteiger partial charge in [-0.25, -0.2) is 0 Å². The SMILES string of the molecule is CCN(CC)CCCCC[NH]. The van der Waals surface area contributed by atoms with E-state index in [0.717, 1.165) is 19.5 Å². The number of nitrogens with one attached hydrogen (secondary N) is 1. The Morgan fingerprint density at radius 3 is 2.09 bits per heavy atom. The summed E-state index contributed by atoms with van der Waals surface area (Å²) in [5.74, 6) is 0. The molecule has 0 aromatic rings. The van der Waals surface area contributed by atoms with Gasteiger partial charge in [-0.1, -0.05) is 20.3 Å². The van der Waals surface area contributed by atoms with Crippen LogP contribution < -0.4 is 5.73 Å². The van der Waals surface area contributed by atoms with Gasteiger partial charge in [0, 0.05) is 6.54 Å². The minimum absolute atomic E-state index is 0.595. The predicted octanol–water partition coefficient (Wildman–Crippen LogP) is 1.78. The van der Waals surface area contributed by atoms with E-state index in [9.17, 15) is 0 Å². The minimum atomic E-state index is 0.595. The maximum atomic E-state index is 6.96. The number of hydrogen-bond donors (Lipinski definition) is 0. The van der Waals surface area contributed by atoms with Crippen molar-refractivity contribution < 1.29 is 0 Å². The summed E-state index contributed by atoms with van der Waals surface area (Å²) in [5.41, 5.74) is 6.96. The number of nitrogens with zero attached hydrogens (tertiary/aromatic N) is 1. The summed E-state index contributed by atoms with van der Waals surface area (Å²) < 4.78 is 0. The quantitative estimate of drug-likeness (QED) is 0.517. The van der Waals surface area contributed by atoms with E-state index in [2.05, 4.69) is 18.7 Å². The lowest BCUT2D eigenvalue weighted by atomic mass is 10.2. The Bertz CT molecular complexity index is 70.0. The number of rotatable bonds is 7. The third-order valence-corrected chi connectivity index (χ3v) is 2.05. The van der Waals surface area contributed by atoms with Crippen molar-refractivity contribution in [2.24, 2.45) is 0 Å². The van der Waals surface area contributed by atoms with Crippen LogP contribution in [0.5, 0.6) is 0 Å².